The molecule has 11 nitrogen and oxygen atoms in total. The van der Waals surface area contributed by atoms with Crippen molar-refractivity contribution in [3.8, 4) is 0 Å². The largest absolute Gasteiger partial charge is 0.465 e. The molecule has 2 aromatic carbocycles. The van der Waals surface area contributed by atoms with Crippen LogP contribution < -0.4 is 10.6 Å². The average molecular weight is 537 g/mol. The molecule has 0 fully saturated rings. The normalized spacial score (nSPS) is 18.1. The number of ether oxygens (including phenoxy) is 5. The Morgan fingerprint density at radius 1 is 0.923 bits per heavy atom. The van der Waals surface area contributed by atoms with E-state index in [9.17, 15) is 19.2 Å². The molecule has 0 bridgehead atoms. The zero-order valence-corrected chi connectivity index (χ0v) is 21.7. The molecule has 0 radical (unpaired) electrons. The van der Waals surface area contributed by atoms with E-state index in [0.717, 1.165) is 17.6 Å². The molecule has 2 heterocycles. The third-order valence-electron chi connectivity index (χ3n) is 6.42. The number of carbonyl (C=O) groups is 4. The third kappa shape index (κ3) is 4.84. The Labute approximate surface area is 224 Å². The van der Waals surface area contributed by atoms with Gasteiger partial charge < -0.3 is 29.4 Å². The number of nitrogens with zero attached hydrogens (tertiary/aromatic N) is 1. The summed E-state index contributed by atoms with van der Waals surface area (Å²) in [6.07, 6.45) is 0. The van der Waals surface area contributed by atoms with Gasteiger partial charge in [-0.1, -0.05) is 48.5 Å². The number of fused-ring (bicyclic) bond motifs is 2. The molecule has 1 amide bonds. The molecule has 1 spiro atoms. The van der Waals surface area contributed by atoms with Gasteiger partial charge in [0, 0.05) is 18.4 Å². The van der Waals surface area contributed by atoms with Gasteiger partial charge in [0.25, 0.3) is 0 Å². The number of nitrogens with two attached hydrogens (primary N) is 1. The zero-order chi connectivity index (χ0) is 28.2. The smallest absolute Gasteiger partial charge is 0.340 e. The van der Waals surface area contributed by atoms with Gasteiger partial charge in [-0.3, -0.25) is 14.5 Å². The fraction of sp³-hybridized carbons (Fsp3) is 0.286. The van der Waals surface area contributed by atoms with Gasteiger partial charge in [-0.15, -0.1) is 0 Å². The van der Waals surface area contributed by atoms with Crippen LogP contribution in [0.5, 0.6) is 0 Å². The Morgan fingerprint density at radius 2 is 1.62 bits per heavy atom. The Kier molecular flexibility index (Phi) is 8.01. The fourth-order valence-electron chi connectivity index (χ4n) is 4.79. The molecule has 0 saturated heterocycles. The van der Waals surface area contributed by atoms with E-state index < -0.39 is 47.2 Å². The maximum absolute atomic E-state index is 14.4. The lowest BCUT2D eigenvalue weighted by atomic mass is 9.67. The molecular weight excluding hydrogens is 508 g/mol. The van der Waals surface area contributed by atoms with Gasteiger partial charge in [0.2, 0.25) is 11.8 Å². The van der Waals surface area contributed by atoms with E-state index in [4.69, 9.17) is 29.4 Å². The summed E-state index contributed by atoms with van der Waals surface area (Å²) in [5.74, 6) is -3.85. The Balaban J connectivity index is 1.80. The van der Waals surface area contributed by atoms with Crippen molar-refractivity contribution in [1.29, 1.82) is 0 Å². The predicted molar refractivity (Wildman–Crippen MR) is 137 cm³/mol. The van der Waals surface area contributed by atoms with E-state index in [-0.39, 0.29) is 42.4 Å². The number of allylic oxidation sites excluding steroid dienone is 1. The Morgan fingerprint density at radius 3 is 2.31 bits per heavy atom. The van der Waals surface area contributed by atoms with Crippen LogP contribution in [0, 0.1) is 0 Å². The highest BCUT2D eigenvalue weighted by atomic mass is 16.6. The Bertz CT molecular complexity index is 1370. The van der Waals surface area contributed by atoms with Gasteiger partial charge in [0.1, 0.15) is 42.1 Å². The number of carbonyl (C=O) groups excluding carboxylic acids is 4. The quantitative estimate of drug-likeness (QED) is 0.286. The molecule has 0 aromatic heterocycles. The van der Waals surface area contributed by atoms with E-state index in [1.165, 1.54) is 14.0 Å². The number of methoxy groups -OCH3 is 2. The first kappa shape index (κ1) is 27.4. The lowest BCUT2D eigenvalue weighted by Gasteiger charge is -2.36. The number of rotatable bonds is 9. The fourth-order valence-corrected chi connectivity index (χ4v) is 4.79. The van der Waals surface area contributed by atoms with Crippen molar-refractivity contribution in [3.05, 3.63) is 88.5 Å². The second-order valence-electron chi connectivity index (χ2n) is 8.70. The van der Waals surface area contributed by atoms with E-state index in [0.29, 0.717) is 0 Å². The summed E-state index contributed by atoms with van der Waals surface area (Å²) in [4.78, 5) is 55.0. The molecule has 1 unspecified atom stereocenters. The summed E-state index contributed by atoms with van der Waals surface area (Å²) in [6.45, 7) is 0.906. The zero-order valence-electron chi connectivity index (χ0n) is 21.7. The van der Waals surface area contributed by atoms with Gasteiger partial charge in [-0.05, 0) is 18.6 Å². The molecule has 11 heteroatoms. The van der Waals surface area contributed by atoms with Crippen LogP contribution in [0.15, 0.2) is 77.4 Å². The molecule has 0 saturated carbocycles. The number of esters is 3. The number of para-hydroxylation sites is 1. The number of benzene rings is 2. The van der Waals surface area contributed by atoms with E-state index in [2.05, 4.69) is 0 Å². The molecular formula is C28H28N2O9. The molecule has 0 aliphatic carbocycles. The SMILES string of the molecule is COCCOC(=O)C1=C(C)OC(N)=C(C(=O)OC)C12C(=O)N(CC(=O)OCc1ccccc1)c1ccccc12. The summed E-state index contributed by atoms with van der Waals surface area (Å²) in [5, 5.41) is 0. The van der Waals surface area contributed by atoms with Crippen molar-refractivity contribution in [1.82, 2.24) is 0 Å². The van der Waals surface area contributed by atoms with E-state index >= 15 is 0 Å². The van der Waals surface area contributed by atoms with Crippen molar-refractivity contribution in [2.75, 3.05) is 38.9 Å². The van der Waals surface area contributed by atoms with Crippen LogP contribution in [0.25, 0.3) is 0 Å². The monoisotopic (exact) mass is 536 g/mol. The van der Waals surface area contributed by atoms with Crippen LogP contribution in [-0.4, -0.2) is 57.8 Å². The lowest BCUT2D eigenvalue weighted by Crippen LogP contribution is -2.51. The number of amides is 1. The minimum atomic E-state index is -2.10. The first-order valence-corrected chi connectivity index (χ1v) is 12.0. The van der Waals surface area contributed by atoms with Crippen molar-refractivity contribution in [2.24, 2.45) is 5.73 Å². The second-order valence-corrected chi connectivity index (χ2v) is 8.70. The van der Waals surface area contributed by atoms with Crippen LogP contribution in [0.2, 0.25) is 0 Å². The first-order valence-electron chi connectivity index (χ1n) is 12.0. The first-order chi connectivity index (χ1) is 18.8. The van der Waals surface area contributed by atoms with Crippen LogP contribution >= 0.6 is 0 Å². The summed E-state index contributed by atoms with van der Waals surface area (Å²) in [7, 11) is 2.55. The minimum absolute atomic E-state index is 0.00131. The van der Waals surface area contributed by atoms with E-state index in [1.807, 2.05) is 18.2 Å². The predicted octanol–water partition coefficient (Wildman–Crippen LogP) is 1.85. The second kappa shape index (κ2) is 11.4. The highest BCUT2D eigenvalue weighted by Gasteiger charge is 2.64. The maximum atomic E-state index is 14.4. The van der Waals surface area contributed by atoms with Crippen molar-refractivity contribution in [2.45, 2.75) is 18.9 Å². The molecule has 4 rings (SSSR count). The summed E-state index contributed by atoms with van der Waals surface area (Å²) in [5.41, 5.74) is 4.68. The number of hydrogen-bond acceptors (Lipinski definition) is 10. The molecule has 39 heavy (non-hydrogen) atoms. The van der Waals surface area contributed by atoms with Crippen molar-refractivity contribution in [3.63, 3.8) is 0 Å². The molecule has 204 valence electrons. The van der Waals surface area contributed by atoms with Gasteiger partial charge in [-0.25, -0.2) is 9.59 Å². The highest BCUT2D eigenvalue weighted by molar-refractivity contribution is 6.23. The van der Waals surface area contributed by atoms with Gasteiger partial charge in [0.05, 0.1) is 13.7 Å². The van der Waals surface area contributed by atoms with Crippen LogP contribution in [0.1, 0.15) is 18.1 Å². The van der Waals surface area contributed by atoms with Crippen molar-refractivity contribution >= 4 is 29.5 Å². The number of anilines is 1. The van der Waals surface area contributed by atoms with Crippen LogP contribution in [-0.2, 0) is 54.9 Å². The van der Waals surface area contributed by atoms with E-state index in [1.54, 1.807) is 36.4 Å². The maximum Gasteiger partial charge on any atom is 0.340 e. The highest BCUT2D eigenvalue weighted by Crippen LogP contribution is 2.54. The molecule has 2 aromatic rings. The third-order valence-corrected chi connectivity index (χ3v) is 6.42. The minimum Gasteiger partial charge on any atom is -0.465 e. The summed E-state index contributed by atoms with van der Waals surface area (Å²) >= 11 is 0. The topological polar surface area (TPSA) is 144 Å². The summed E-state index contributed by atoms with van der Waals surface area (Å²) in [6, 6.07) is 15.5. The molecule has 2 aliphatic heterocycles. The molecule has 1 atom stereocenters. The van der Waals surface area contributed by atoms with Crippen LogP contribution in [0.3, 0.4) is 0 Å². The van der Waals surface area contributed by atoms with Gasteiger partial charge in [0.15, 0.2) is 0 Å². The molecule has 2 aliphatic rings. The van der Waals surface area contributed by atoms with Gasteiger partial charge >= 0.3 is 17.9 Å². The number of hydrogen-bond donors (Lipinski definition) is 1. The lowest BCUT2D eigenvalue weighted by molar-refractivity contribution is -0.144. The van der Waals surface area contributed by atoms with Gasteiger partial charge in [-0.2, -0.15) is 0 Å². The van der Waals surface area contributed by atoms with Crippen LogP contribution in [0.4, 0.5) is 5.69 Å². The Hall–Kier alpha value is -4.64. The standard InChI is InChI=1S/C28H28N2O9/c1-17-22(26(33)37-14-13-35-2)28(23(24(29)39-17)25(32)36-3)19-11-7-8-12-20(19)30(27(28)34)15-21(31)38-16-18-9-5-4-6-10-18/h4-12H,13-16,29H2,1-3H3. The summed E-state index contributed by atoms with van der Waals surface area (Å²) < 4.78 is 26.2. The van der Waals surface area contributed by atoms with Crippen molar-refractivity contribution < 1.29 is 42.9 Å². The average Bonchev–Trinajstić information content (AvgIpc) is 3.15. The molecule has 2 N–H and O–H groups in total.